The monoisotopic (exact) mass is 228 g/mol. The SMILES string of the molecule is CSCc1nc(CCNC2CC2)cs1. The van der Waals surface area contributed by atoms with E-state index >= 15 is 0 Å². The molecule has 78 valence electrons. The fourth-order valence-electron chi connectivity index (χ4n) is 1.35. The third-order valence-corrected chi connectivity index (χ3v) is 3.90. The first-order valence-electron chi connectivity index (χ1n) is 5.04. The van der Waals surface area contributed by atoms with E-state index in [4.69, 9.17) is 0 Å². The van der Waals surface area contributed by atoms with Crippen LogP contribution in [0.1, 0.15) is 23.5 Å². The van der Waals surface area contributed by atoms with Crippen LogP contribution in [0, 0.1) is 0 Å². The van der Waals surface area contributed by atoms with Crippen molar-refractivity contribution in [1.82, 2.24) is 10.3 Å². The fourth-order valence-corrected chi connectivity index (χ4v) is 2.90. The molecule has 1 aromatic rings. The highest BCUT2D eigenvalue weighted by molar-refractivity contribution is 7.97. The number of nitrogens with zero attached hydrogens (tertiary/aromatic N) is 1. The number of thioether (sulfide) groups is 1. The van der Waals surface area contributed by atoms with E-state index in [1.54, 1.807) is 11.3 Å². The fraction of sp³-hybridized carbons (Fsp3) is 0.700. The number of nitrogens with one attached hydrogen (secondary N) is 1. The van der Waals surface area contributed by atoms with E-state index in [0.717, 1.165) is 24.8 Å². The van der Waals surface area contributed by atoms with Crippen molar-refractivity contribution < 1.29 is 0 Å². The smallest absolute Gasteiger partial charge is 0.103 e. The van der Waals surface area contributed by atoms with Gasteiger partial charge in [0.2, 0.25) is 0 Å². The standard InChI is InChI=1S/C10H16N2S2/c1-13-7-10-12-9(6-14-10)4-5-11-8-2-3-8/h6,8,11H,2-5,7H2,1H3. The normalized spacial score (nSPS) is 16.1. The highest BCUT2D eigenvalue weighted by Gasteiger charge is 2.19. The minimum Gasteiger partial charge on any atom is -0.314 e. The Balaban J connectivity index is 1.71. The maximum Gasteiger partial charge on any atom is 0.103 e. The lowest BCUT2D eigenvalue weighted by Crippen LogP contribution is -2.19. The summed E-state index contributed by atoms with van der Waals surface area (Å²) in [7, 11) is 0. The lowest BCUT2D eigenvalue weighted by atomic mass is 10.3. The van der Waals surface area contributed by atoms with E-state index in [1.165, 1.54) is 23.5 Å². The Kier molecular flexibility index (Phi) is 3.84. The first-order chi connectivity index (χ1) is 6.88. The van der Waals surface area contributed by atoms with Gasteiger partial charge in [0.25, 0.3) is 0 Å². The minimum absolute atomic E-state index is 0.819. The Morgan fingerprint density at radius 1 is 1.64 bits per heavy atom. The topological polar surface area (TPSA) is 24.9 Å². The molecule has 0 saturated heterocycles. The van der Waals surface area contributed by atoms with Crippen molar-refractivity contribution in [2.75, 3.05) is 12.8 Å². The molecule has 0 atom stereocenters. The first kappa shape index (κ1) is 10.5. The predicted molar refractivity (Wildman–Crippen MR) is 64.1 cm³/mol. The van der Waals surface area contributed by atoms with Crippen LogP contribution in [0.2, 0.25) is 0 Å². The highest BCUT2D eigenvalue weighted by Crippen LogP contribution is 2.19. The molecule has 2 nitrogen and oxygen atoms in total. The van der Waals surface area contributed by atoms with Crippen molar-refractivity contribution in [2.45, 2.75) is 31.1 Å². The summed E-state index contributed by atoms with van der Waals surface area (Å²) in [6.07, 6.45) is 5.95. The van der Waals surface area contributed by atoms with Gasteiger partial charge < -0.3 is 5.32 Å². The van der Waals surface area contributed by atoms with Crippen LogP contribution in [0.4, 0.5) is 0 Å². The molecule has 0 aromatic carbocycles. The van der Waals surface area contributed by atoms with Gasteiger partial charge in [0.05, 0.1) is 5.69 Å². The largest absolute Gasteiger partial charge is 0.314 e. The van der Waals surface area contributed by atoms with Crippen LogP contribution in [0.3, 0.4) is 0 Å². The Labute approximate surface area is 93.5 Å². The summed E-state index contributed by atoms with van der Waals surface area (Å²) in [5, 5.41) is 6.96. The second kappa shape index (κ2) is 5.14. The van der Waals surface area contributed by atoms with Crippen molar-refractivity contribution >= 4 is 23.1 Å². The zero-order valence-corrected chi connectivity index (χ0v) is 10.1. The zero-order chi connectivity index (χ0) is 9.80. The molecule has 0 radical (unpaired) electrons. The van der Waals surface area contributed by atoms with Crippen molar-refractivity contribution in [1.29, 1.82) is 0 Å². The summed E-state index contributed by atoms with van der Waals surface area (Å²) < 4.78 is 0. The molecule has 1 aromatic heterocycles. The third kappa shape index (κ3) is 3.26. The second-order valence-corrected chi connectivity index (χ2v) is 5.45. The average Bonchev–Trinajstić information content (AvgIpc) is 2.88. The van der Waals surface area contributed by atoms with Gasteiger partial charge in [-0.05, 0) is 19.1 Å². The van der Waals surface area contributed by atoms with Crippen molar-refractivity contribution in [2.24, 2.45) is 0 Å². The van der Waals surface area contributed by atoms with E-state index in [9.17, 15) is 0 Å². The van der Waals surface area contributed by atoms with Crippen molar-refractivity contribution in [3.63, 3.8) is 0 Å². The van der Waals surface area contributed by atoms with Crippen LogP contribution in [0.15, 0.2) is 5.38 Å². The number of thiazole rings is 1. The number of hydrogen-bond donors (Lipinski definition) is 1. The number of aromatic nitrogens is 1. The Hall–Kier alpha value is -0.0600. The summed E-state index contributed by atoms with van der Waals surface area (Å²) in [6, 6.07) is 0.819. The van der Waals surface area contributed by atoms with Crippen LogP contribution in [-0.4, -0.2) is 23.8 Å². The highest BCUT2D eigenvalue weighted by atomic mass is 32.2. The number of rotatable bonds is 6. The molecule has 1 N–H and O–H groups in total. The summed E-state index contributed by atoms with van der Waals surface area (Å²) >= 11 is 3.63. The molecular weight excluding hydrogens is 212 g/mol. The predicted octanol–water partition coefficient (Wildman–Crippen LogP) is 2.30. The van der Waals surface area contributed by atoms with Crippen LogP contribution < -0.4 is 5.32 Å². The molecule has 0 spiro atoms. The Morgan fingerprint density at radius 2 is 2.50 bits per heavy atom. The summed E-state index contributed by atoms with van der Waals surface area (Å²) in [5.74, 6) is 1.06. The van der Waals surface area contributed by atoms with Crippen molar-refractivity contribution in [3.8, 4) is 0 Å². The number of hydrogen-bond acceptors (Lipinski definition) is 4. The van der Waals surface area contributed by atoms with Crippen molar-refractivity contribution in [3.05, 3.63) is 16.1 Å². The maximum absolute atomic E-state index is 4.57. The quantitative estimate of drug-likeness (QED) is 0.809. The van der Waals surface area contributed by atoms with Gasteiger partial charge in [0.1, 0.15) is 5.01 Å². The van der Waals surface area contributed by atoms with E-state index in [0.29, 0.717) is 0 Å². The van der Waals surface area contributed by atoms with Gasteiger partial charge in [-0.3, -0.25) is 0 Å². The van der Waals surface area contributed by atoms with E-state index in [-0.39, 0.29) is 0 Å². The molecule has 1 heterocycles. The van der Waals surface area contributed by atoms with Crippen LogP contribution >= 0.6 is 23.1 Å². The van der Waals surface area contributed by atoms with Gasteiger partial charge in [-0.1, -0.05) is 0 Å². The van der Waals surface area contributed by atoms with E-state index in [2.05, 4.69) is 21.9 Å². The second-order valence-electron chi connectivity index (χ2n) is 3.64. The minimum atomic E-state index is 0.819. The molecule has 0 amide bonds. The molecule has 1 saturated carbocycles. The maximum atomic E-state index is 4.57. The first-order valence-corrected chi connectivity index (χ1v) is 7.31. The lowest BCUT2D eigenvalue weighted by molar-refractivity contribution is 0.676. The van der Waals surface area contributed by atoms with Crippen LogP contribution in [0.5, 0.6) is 0 Å². The van der Waals surface area contributed by atoms with Gasteiger partial charge in [0, 0.05) is 30.1 Å². The third-order valence-electron chi connectivity index (χ3n) is 2.26. The van der Waals surface area contributed by atoms with Crippen LogP contribution in [-0.2, 0) is 12.2 Å². The summed E-state index contributed by atoms with van der Waals surface area (Å²) in [4.78, 5) is 4.57. The van der Waals surface area contributed by atoms with E-state index in [1.807, 2.05) is 11.8 Å². The van der Waals surface area contributed by atoms with Gasteiger partial charge >= 0.3 is 0 Å². The average molecular weight is 228 g/mol. The summed E-state index contributed by atoms with van der Waals surface area (Å²) in [6.45, 7) is 1.09. The van der Waals surface area contributed by atoms with Gasteiger partial charge in [-0.25, -0.2) is 4.98 Å². The molecular formula is C10H16N2S2. The molecule has 2 rings (SSSR count). The van der Waals surface area contributed by atoms with Gasteiger partial charge in [-0.2, -0.15) is 11.8 Å². The Bertz CT molecular complexity index is 281. The molecule has 14 heavy (non-hydrogen) atoms. The lowest BCUT2D eigenvalue weighted by Gasteiger charge is -1.98. The molecule has 1 aliphatic rings. The molecule has 4 heteroatoms. The van der Waals surface area contributed by atoms with Gasteiger partial charge in [-0.15, -0.1) is 11.3 Å². The van der Waals surface area contributed by atoms with Crippen LogP contribution in [0.25, 0.3) is 0 Å². The molecule has 0 bridgehead atoms. The van der Waals surface area contributed by atoms with Gasteiger partial charge in [0.15, 0.2) is 0 Å². The molecule has 0 aliphatic heterocycles. The van der Waals surface area contributed by atoms with E-state index < -0.39 is 0 Å². The summed E-state index contributed by atoms with van der Waals surface area (Å²) in [5.41, 5.74) is 1.26. The molecule has 1 fully saturated rings. The molecule has 1 aliphatic carbocycles. The molecule has 0 unspecified atom stereocenters. The Morgan fingerprint density at radius 3 is 3.21 bits per heavy atom. The zero-order valence-electron chi connectivity index (χ0n) is 8.45.